The molecule has 41 heavy (non-hydrogen) atoms. The number of amides is 1. The van der Waals surface area contributed by atoms with Gasteiger partial charge in [-0.3, -0.25) is 4.90 Å². The van der Waals surface area contributed by atoms with E-state index in [0.29, 0.717) is 19.5 Å². The average Bonchev–Trinajstić information content (AvgIpc) is 3.43. The molecule has 0 unspecified atom stereocenters. The predicted octanol–water partition coefficient (Wildman–Crippen LogP) is 4.87. The molecule has 2 fully saturated rings. The van der Waals surface area contributed by atoms with E-state index in [1.165, 1.54) is 6.08 Å². The van der Waals surface area contributed by atoms with Crippen LogP contribution in [0.25, 0.3) is 11.1 Å². The van der Waals surface area contributed by atoms with Crippen LogP contribution in [0.3, 0.4) is 0 Å². The molecule has 3 aromatic carbocycles. The maximum atomic E-state index is 11.8. The Bertz CT molecular complexity index is 1310. The van der Waals surface area contributed by atoms with Gasteiger partial charge in [-0.1, -0.05) is 73.3 Å². The molecule has 5 rings (SSSR count). The SMILES string of the molecule is C=CCOC(=O)NCc1cccc(-c2cccc([C@H]3O[C@@H](CN4CC[C@H](O)C4)C[C@@H](c4ccc(CO)cc4)O3)c2)c1. The van der Waals surface area contributed by atoms with Crippen LogP contribution in [-0.4, -0.2) is 59.7 Å². The smallest absolute Gasteiger partial charge is 0.407 e. The molecule has 3 aromatic rings. The Labute approximate surface area is 241 Å². The zero-order valence-corrected chi connectivity index (χ0v) is 23.2. The maximum absolute atomic E-state index is 11.8. The summed E-state index contributed by atoms with van der Waals surface area (Å²) in [6, 6.07) is 24.0. The van der Waals surface area contributed by atoms with E-state index < -0.39 is 12.4 Å². The molecule has 0 bridgehead atoms. The first kappa shape index (κ1) is 29.0. The Balaban J connectivity index is 1.34. The summed E-state index contributed by atoms with van der Waals surface area (Å²) in [5.74, 6) is 0. The summed E-state index contributed by atoms with van der Waals surface area (Å²) < 4.78 is 18.1. The number of aliphatic hydroxyl groups is 2. The van der Waals surface area contributed by atoms with E-state index in [-0.39, 0.29) is 31.5 Å². The highest BCUT2D eigenvalue weighted by molar-refractivity contribution is 5.68. The van der Waals surface area contributed by atoms with Crippen LogP contribution in [0.1, 0.15) is 47.5 Å². The lowest BCUT2D eigenvalue weighted by Crippen LogP contribution is -2.38. The summed E-state index contributed by atoms with van der Waals surface area (Å²) in [5.41, 5.74) is 5.80. The fraction of sp³-hybridized carbons (Fsp3) is 0.364. The van der Waals surface area contributed by atoms with Crippen LogP contribution >= 0.6 is 0 Å². The van der Waals surface area contributed by atoms with E-state index in [4.69, 9.17) is 14.2 Å². The molecule has 0 radical (unpaired) electrons. The molecule has 4 atom stereocenters. The highest BCUT2D eigenvalue weighted by atomic mass is 16.7. The Hall–Kier alpha value is -3.53. The lowest BCUT2D eigenvalue weighted by atomic mass is 9.98. The van der Waals surface area contributed by atoms with Crippen molar-refractivity contribution in [1.82, 2.24) is 10.2 Å². The fourth-order valence-electron chi connectivity index (χ4n) is 5.38. The van der Waals surface area contributed by atoms with Crippen LogP contribution in [0.4, 0.5) is 4.79 Å². The van der Waals surface area contributed by atoms with Crippen LogP contribution in [0.5, 0.6) is 0 Å². The summed E-state index contributed by atoms with van der Waals surface area (Å²) in [6.07, 6.45) is 1.44. The second kappa shape index (κ2) is 13.9. The van der Waals surface area contributed by atoms with Crippen LogP contribution in [0.15, 0.2) is 85.5 Å². The largest absolute Gasteiger partial charge is 0.445 e. The molecular formula is C33H38N2O6. The molecule has 8 heteroatoms. The van der Waals surface area contributed by atoms with E-state index in [9.17, 15) is 15.0 Å². The first-order valence-electron chi connectivity index (χ1n) is 14.1. The molecule has 3 N–H and O–H groups in total. The van der Waals surface area contributed by atoms with E-state index in [1.54, 1.807) is 0 Å². The van der Waals surface area contributed by atoms with Crippen LogP contribution in [-0.2, 0) is 27.4 Å². The predicted molar refractivity (Wildman–Crippen MR) is 156 cm³/mol. The van der Waals surface area contributed by atoms with Crippen molar-refractivity contribution in [3.8, 4) is 11.1 Å². The normalized spacial score (nSPS) is 22.8. The maximum Gasteiger partial charge on any atom is 0.407 e. The van der Waals surface area contributed by atoms with E-state index in [2.05, 4.69) is 22.9 Å². The third kappa shape index (κ3) is 7.81. The number of rotatable bonds is 10. The third-order valence-corrected chi connectivity index (χ3v) is 7.51. The number of hydrogen-bond donors (Lipinski definition) is 3. The zero-order chi connectivity index (χ0) is 28.6. The topological polar surface area (TPSA) is 100 Å². The number of benzene rings is 3. The molecule has 2 saturated heterocycles. The number of β-amino-alcohol motifs (C(OH)–C–C–N with tert-alkyl or cyclic N) is 1. The van der Waals surface area contributed by atoms with Crippen molar-refractivity contribution in [3.05, 3.63) is 108 Å². The van der Waals surface area contributed by atoms with Gasteiger partial charge in [-0.25, -0.2) is 4.79 Å². The minimum atomic E-state index is -0.562. The molecular weight excluding hydrogens is 520 g/mol. The summed E-state index contributed by atoms with van der Waals surface area (Å²) in [4.78, 5) is 14.1. The van der Waals surface area contributed by atoms with Crippen molar-refractivity contribution in [2.45, 2.75) is 50.6 Å². The van der Waals surface area contributed by atoms with E-state index in [1.807, 2.05) is 66.7 Å². The van der Waals surface area contributed by atoms with Crippen molar-refractivity contribution in [1.29, 1.82) is 0 Å². The van der Waals surface area contributed by atoms with Crippen LogP contribution in [0, 0.1) is 0 Å². The van der Waals surface area contributed by atoms with Gasteiger partial charge >= 0.3 is 6.09 Å². The number of nitrogens with one attached hydrogen (secondary N) is 1. The number of carbonyl (C=O) groups excluding carboxylic acids is 1. The molecule has 2 aliphatic rings. The highest BCUT2D eigenvalue weighted by Crippen LogP contribution is 2.39. The molecule has 1 amide bonds. The second-order valence-electron chi connectivity index (χ2n) is 10.6. The van der Waals surface area contributed by atoms with Gasteiger partial charge in [0, 0.05) is 38.2 Å². The number of nitrogens with zero attached hydrogens (tertiary/aromatic N) is 1. The van der Waals surface area contributed by atoms with E-state index in [0.717, 1.165) is 52.9 Å². The van der Waals surface area contributed by atoms with Crippen molar-refractivity contribution in [2.75, 3.05) is 26.2 Å². The van der Waals surface area contributed by atoms with Gasteiger partial charge in [0.15, 0.2) is 6.29 Å². The third-order valence-electron chi connectivity index (χ3n) is 7.51. The Kier molecular flexibility index (Phi) is 9.82. The number of ether oxygens (including phenoxy) is 3. The molecule has 2 aliphatic heterocycles. The Morgan fingerprint density at radius 1 is 1.02 bits per heavy atom. The van der Waals surface area contributed by atoms with E-state index >= 15 is 0 Å². The van der Waals surface area contributed by atoms with Crippen molar-refractivity contribution in [2.24, 2.45) is 0 Å². The van der Waals surface area contributed by atoms with Gasteiger partial charge in [0.25, 0.3) is 0 Å². The first-order valence-corrected chi connectivity index (χ1v) is 14.1. The monoisotopic (exact) mass is 558 g/mol. The fourth-order valence-corrected chi connectivity index (χ4v) is 5.38. The number of alkyl carbamates (subject to hydrolysis) is 1. The molecule has 2 heterocycles. The molecule has 216 valence electrons. The van der Waals surface area contributed by atoms with Crippen molar-refractivity contribution < 1.29 is 29.2 Å². The minimum absolute atomic E-state index is 0.000896. The molecule has 0 aliphatic carbocycles. The van der Waals surface area contributed by atoms with Gasteiger partial charge in [0.2, 0.25) is 0 Å². The average molecular weight is 559 g/mol. The second-order valence-corrected chi connectivity index (χ2v) is 10.6. The first-order chi connectivity index (χ1) is 20.0. The summed E-state index contributed by atoms with van der Waals surface area (Å²) in [6.45, 7) is 6.31. The van der Waals surface area contributed by atoms with Gasteiger partial charge < -0.3 is 29.7 Å². The molecule has 0 spiro atoms. The zero-order valence-electron chi connectivity index (χ0n) is 23.2. The van der Waals surface area contributed by atoms with Gasteiger partial charge in [0.1, 0.15) is 6.61 Å². The number of likely N-dealkylation sites (tertiary alicyclic amines) is 1. The lowest BCUT2D eigenvalue weighted by Gasteiger charge is -2.38. The highest BCUT2D eigenvalue weighted by Gasteiger charge is 2.34. The van der Waals surface area contributed by atoms with Crippen molar-refractivity contribution in [3.63, 3.8) is 0 Å². The minimum Gasteiger partial charge on any atom is -0.445 e. The molecule has 0 saturated carbocycles. The Morgan fingerprint density at radius 3 is 2.54 bits per heavy atom. The van der Waals surface area contributed by atoms with Gasteiger partial charge in [-0.15, -0.1) is 0 Å². The summed E-state index contributed by atoms with van der Waals surface area (Å²) in [5, 5.41) is 22.3. The number of hydrogen-bond acceptors (Lipinski definition) is 7. The number of carbonyl (C=O) groups is 1. The lowest BCUT2D eigenvalue weighted by molar-refractivity contribution is -0.252. The molecule has 8 nitrogen and oxygen atoms in total. The van der Waals surface area contributed by atoms with Crippen molar-refractivity contribution >= 4 is 6.09 Å². The van der Waals surface area contributed by atoms with Crippen LogP contribution in [0.2, 0.25) is 0 Å². The standard InChI is InChI=1S/C33H38N2O6/c1-2-15-39-33(38)34-19-24-5-3-6-26(16-24)27-7-4-8-28(17-27)32-40-30(21-35-14-13-29(37)20-35)18-31(41-32)25-11-9-23(22-36)10-12-25/h2-12,16-17,29-32,36-37H,1,13-15,18-22H2,(H,34,38)/t29-,30+,31-,32-/m0/s1. The van der Waals surface area contributed by atoms with Gasteiger partial charge in [0.05, 0.1) is 24.9 Å². The number of aliphatic hydroxyl groups excluding tert-OH is 2. The van der Waals surface area contributed by atoms with Crippen LogP contribution < -0.4 is 5.32 Å². The van der Waals surface area contributed by atoms with Gasteiger partial charge in [-0.2, -0.15) is 0 Å². The summed E-state index contributed by atoms with van der Waals surface area (Å²) >= 11 is 0. The Morgan fingerprint density at radius 2 is 1.80 bits per heavy atom. The summed E-state index contributed by atoms with van der Waals surface area (Å²) in [7, 11) is 0. The molecule has 0 aromatic heterocycles. The van der Waals surface area contributed by atoms with Gasteiger partial charge in [-0.05, 0) is 46.4 Å². The quantitative estimate of drug-likeness (QED) is 0.305.